The van der Waals surface area contributed by atoms with Gasteiger partial charge in [0.05, 0.1) is 37.3 Å². The second-order valence-corrected chi connectivity index (χ2v) is 6.19. The summed E-state index contributed by atoms with van der Waals surface area (Å²) in [7, 11) is 0. The molecule has 2 N–H and O–H groups in total. The highest BCUT2D eigenvalue weighted by atomic mass is 16.6. The van der Waals surface area contributed by atoms with Crippen molar-refractivity contribution >= 4 is 11.9 Å². The summed E-state index contributed by atoms with van der Waals surface area (Å²) >= 11 is 0. The van der Waals surface area contributed by atoms with Crippen LogP contribution < -0.4 is 0 Å². The van der Waals surface area contributed by atoms with E-state index in [4.69, 9.17) is 9.47 Å². The number of hydrogen-bond acceptors (Lipinski definition) is 4. The minimum atomic E-state index is -0.986. The van der Waals surface area contributed by atoms with Crippen molar-refractivity contribution in [3.63, 3.8) is 0 Å². The Bertz CT molecular complexity index is 400. The van der Waals surface area contributed by atoms with Crippen molar-refractivity contribution in [2.75, 3.05) is 13.2 Å². The Kier molecular flexibility index (Phi) is 3.69. The number of carboxylic acids is 2. The first-order valence-electron chi connectivity index (χ1n) is 7.25. The highest BCUT2D eigenvalue weighted by Crippen LogP contribution is 2.46. The van der Waals surface area contributed by atoms with E-state index in [1.54, 1.807) is 0 Å². The fourth-order valence-corrected chi connectivity index (χ4v) is 3.69. The minimum Gasteiger partial charge on any atom is -0.481 e. The second kappa shape index (κ2) is 5.33. The molecule has 112 valence electrons. The van der Waals surface area contributed by atoms with Gasteiger partial charge in [0.25, 0.3) is 0 Å². The van der Waals surface area contributed by atoms with Crippen molar-refractivity contribution in [3.8, 4) is 0 Å². The van der Waals surface area contributed by atoms with Crippen LogP contribution in [-0.2, 0) is 19.1 Å². The summed E-state index contributed by atoms with van der Waals surface area (Å²) in [5, 5.41) is 18.8. The smallest absolute Gasteiger partial charge is 0.307 e. The largest absolute Gasteiger partial charge is 0.481 e. The maximum Gasteiger partial charge on any atom is 0.307 e. The van der Waals surface area contributed by atoms with E-state index in [-0.39, 0.29) is 24.0 Å². The molecule has 0 radical (unpaired) electrons. The quantitative estimate of drug-likeness (QED) is 0.706. The van der Waals surface area contributed by atoms with Gasteiger partial charge in [-0.2, -0.15) is 0 Å². The number of aliphatic carboxylic acids is 2. The predicted molar refractivity (Wildman–Crippen MR) is 67.2 cm³/mol. The Balaban J connectivity index is 1.78. The fourth-order valence-electron chi connectivity index (χ4n) is 3.69. The van der Waals surface area contributed by atoms with Crippen molar-refractivity contribution in [1.82, 2.24) is 0 Å². The summed E-state index contributed by atoms with van der Waals surface area (Å²) < 4.78 is 10.5. The van der Waals surface area contributed by atoms with E-state index in [2.05, 4.69) is 0 Å². The van der Waals surface area contributed by atoms with Crippen LogP contribution in [0.4, 0.5) is 0 Å². The molecule has 3 aliphatic rings. The summed E-state index contributed by atoms with van der Waals surface area (Å²) in [6, 6.07) is 0. The zero-order chi connectivity index (χ0) is 14.3. The molecule has 2 aliphatic heterocycles. The van der Waals surface area contributed by atoms with Crippen molar-refractivity contribution < 1.29 is 29.3 Å². The van der Waals surface area contributed by atoms with E-state index in [0.717, 1.165) is 19.4 Å². The maximum atomic E-state index is 11.6. The highest BCUT2D eigenvalue weighted by Gasteiger charge is 2.49. The summed E-state index contributed by atoms with van der Waals surface area (Å²) in [5.74, 6) is -3.41. The average Bonchev–Trinajstić information content (AvgIpc) is 3.24. The number of epoxide rings is 2. The Labute approximate surface area is 117 Å². The molecular formula is C14H20O6. The molecule has 0 aromatic heterocycles. The minimum absolute atomic E-state index is 0.112. The monoisotopic (exact) mass is 284 g/mol. The Hall–Kier alpha value is -1.14. The maximum absolute atomic E-state index is 11.6. The first kappa shape index (κ1) is 13.8. The summed E-state index contributed by atoms with van der Waals surface area (Å²) in [6.45, 7) is 1.43. The van der Waals surface area contributed by atoms with Crippen molar-refractivity contribution in [1.29, 1.82) is 0 Å². The number of hydrogen-bond donors (Lipinski definition) is 2. The molecule has 3 fully saturated rings. The van der Waals surface area contributed by atoms with Gasteiger partial charge in [-0.05, 0) is 37.5 Å². The van der Waals surface area contributed by atoms with Crippen molar-refractivity contribution in [3.05, 3.63) is 0 Å². The Morgan fingerprint density at radius 2 is 1.55 bits per heavy atom. The number of carboxylic acid groups (broad SMARTS) is 2. The molecule has 0 spiro atoms. The molecule has 6 atom stereocenters. The van der Waals surface area contributed by atoms with Gasteiger partial charge in [-0.3, -0.25) is 9.59 Å². The molecule has 6 unspecified atom stereocenters. The molecule has 2 saturated heterocycles. The van der Waals surface area contributed by atoms with Crippen LogP contribution in [0.25, 0.3) is 0 Å². The molecule has 2 heterocycles. The summed E-state index contributed by atoms with van der Waals surface area (Å²) in [6.07, 6.45) is 3.12. The van der Waals surface area contributed by atoms with E-state index in [1.165, 1.54) is 0 Å². The van der Waals surface area contributed by atoms with E-state index < -0.39 is 23.8 Å². The van der Waals surface area contributed by atoms with Crippen LogP contribution in [0.2, 0.25) is 0 Å². The molecule has 0 bridgehead atoms. The van der Waals surface area contributed by atoms with Crippen LogP contribution in [0.15, 0.2) is 0 Å². The first-order valence-corrected chi connectivity index (χ1v) is 7.25. The normalized spacial score (nSPS) is 43.0. The molecule has 0 aromatic rings. The van der Waals surface area contributed by atoms with Crippen molar-refractivity contribution in [2.24, 2.45) is 23.7 Å². The Morgan fingerprint density at radius 3 is 2.05 bits per heavy atom. The molecular weight excluding hydrogens is 264 g/mol. The van der Waals surface area contributed by atoms with Gasteiger partial charge in [0, 0.05) is 0 Å². The lowest BCUT2D eigenvalue weighted by atomic mass is 9.64. The zero-order valence-electron chi connectivity index (χ0n) is 11.2. The third-order valence-electron chi connectivity index (χ3n) is 4.86. The molecule has 0 aromatic carbocycles. The van der Waals surface area contributed by atoms with E-state index in [9.17, 15) is 19.8 Å². The summed E-state index contributed by atoms with van der Waals surface area (Å²) in [4.78, 5) is 22.9. The molecule has 1 saturated carbocycles. The highest BCUT2D eigenvalue weighted by molar-refractivity contribution is 5.80. The van der Waals surface area contributed by atoms with Gasteiger partial charge < -0.3 is 19.7 Å². The molecule has 6 heteroatoms. The average molecular weight is 284 g/mol. The van der Waals surface area contributed by atoms with Crippen molar-refractivity contribution in [2.45, 2.75) is 37.9 Å². The second-order valence-electron chi connectivity index (χ2n) is 6.19. The third kappa shape index (κ3) is 2.96. The van der Waals surface area contributed by atoms with Crippen LogP contribution in [0.3, 0.4) is 0 Å². The molecule has 20 heavy (non-hydrogen) atoms. The van der Waals surface area contributed by atoms with Gasteiger partial charge in [0.15, 0.2) is 0 Å². The van der Waals surface area contributed by atoms with Gasteiger partial charge in [0.2, 0.25) is 0 Å². The van der Waals surface area contributed by atoms with E-state index in [0.29, 0.717) is 19.4 Å². The van der Waals surface area contributed by atoms with Gasteiger partial charge in [-0.1, -0.05) is 0 Å². The van der Waals surface area contributed by atoms with Gasteiger partial charge >= 0.3 is 11.9 Å². The Morgan fingerprint density at radius 1 is 0.950 bits per heavy atom. The van der Waals surface area contributed by atoms with Crippen LogP contribution in [-0.4, -0.2) is 47.6 Å². The number of ether oxygens (including phenoxy) is 2. The fraction of sp³-hybridized carbons (Fsp3) is 0.857. The lowest BCUT2D eigenvalue weighted by Crippen LogP contribution is -2.43. The van der Waals surface area contributed by atoms with E-state index in [1.807, 2.05) is 0 Å². The first-order chi connectivity index (χ1) is 9.56. The van der Waals surface area contributed by atoms with E-state index >= 15 is 0 Å². The van der Waals surface area contributed by atoms with Crippen LogP contribution in [0.1, 0.15) is 25.7 Å². The van der Waals surface area contributed by atoms with Gasteiger partial charge in [0.1, 0.15) is 0 Å². The molecule has 3 rings (SSSR count). The SMILES string of the molecule is O=C(O)C1CCC(CC2CO2)C(CC2CO2)C1C(=O)O. The topological polar surface area (TPSA) is 99.7 Å². The standard InChI is InChI=1S/C14H20O6/c15-13(16)10-2-1-7(3-8-5-19-8)11(4-9-6-20-9)12(10)14(17)18/h7-12H,1-6H2,(H,15,16)(H,17,18). The zero-order valence-corrected chi connectivity index (χ0v) is 11.2. The lowest BCUT2D eigenvalue weighted by Gasteiger charge is -2.39. The van der Waals surface area contributed by atoms with Gasteiger partial charge in [-0.15, -0.1) is 0 Å². The van der Waals surface area contributed by atoms with Crippen LogP contribution in [0.5, 0.6) is 0 Å². The summed E-state index contributed by atoms with van der Waals surface area (Å²) in [5.41, 5.74) is 0. The molecule has 0 amide bonds. The predicted octanol–water partition coefficient (Wildman–Crippen LogP) is 0.992. The van der Waals surface area contributed by atoms with Crippen LogP contribution >= 0.6 is 0 Å². The number of rotatable bonds is 6. The number of carbonyl (C=O) groups is 2. The molecule has 1 aliphatic carbocycles. The molecule has 6 nitrogen and oxygen atoms in total. The van der Waals surface area contributed by atoms with Crippen LogP contribution in [0, 0.1) is 23.7 Å². The van der Waals surface area contributed by atoms with Gasteiger partial charge in [-0.25, -0.2) is 0 Å². The lowest BCUT2D eigenvalue weighted by molar-refractivity contribution is -0.160. The third-order valence-corrected chi connectivity index (χ3v) is 4.86.